The Morgan fingerprint density at radius 2 is 2.06 bits per heavy atom. The summed E-state index contributed by atoms with van der Waals surface area (Å²) in [6.45, 7) is 4.12. The number of hydrogen-bond donors (Lipinski definition) is 0. The van der Waals surface area contributed by atoms with E-state index < -0.39 is 5.76 Å². The minimum Gasteiger partial charge on any atom is -0.409 e. The maximum absolute atomic E-state index is 11.6. The highest BCUT2D eigenvalue weighted by Crippen LogP contribution is 2.24. The fourth-order valence-electron chi connectivity index (χ4n) is 1.71. The zero-order valence-corrected chi connectivity index (χ0v) is 10.3. The van der Waals surface area contributed by atoms with Crippen molar-refractivity contribution in [1.82, 2.24) is 4.57 Å². The summed E-state index contributed by atoms with van der Waals surface area (Å²) in [5.41, 5.74) is 1.63. The molecule has 4 heteroatoms. The molecule has 2 rings (SSSR count). The summed E-state index contributed by atoms with van der Waals surface area (Å²) in [6, 6.07) is 5.78. The lowest BCUT2D eigenvalue weighted by Gasteiger charge is -2.09. The van der Waals surface area contributed by atoms with E-state index in [1.54, 1.807) is 7.05 Å². The molecule has 0 spiro atoms. The summed E-state index contributed by atoms with van der Waals surface area (Å²) in [5, 5.41) is 0.823. The molecule has 0 aliphatic carbocycles. The molecule has 0 aliphatic rings. The Labute approximate surface area is 98.3 Å². The van der Waals surface area contributed by atoms with Gasteiger partial charge in [0.25, 0.3) is 0 Å². The zero-order valence-electron chi connectivity index (χ0n) is 9.48. The van der Waals surface area contributed by atoms with Crippen LogP contribution in [0.25, 0.3) is 11.0 Å². The van der Waals surface area contributed by atoms with Crippen LogP contribution in [0.15, 0.2) is 27.4 Å². The Hall–Kier alpha value is -1.42. The fourth-order valence-corrected chi connectivity index (χ4v) is 1.95. The van der Waals surface area contributed by atoms with Crippen LogP contribution in [-0.4, -0.2) is 4.57 Å². The van der Waals surface area contributed by atoms with Gasteiger partial charge in [-0.2, -0.15) is 0 Å². The molecule has 1 heterocycles. The number of para-hydroxylation sites is 1. The highest BCUT2D eigenvalue weighted by Gasteiger charge is 2.10. The summed E-state index contributed by atoms with van der Waals surface area (Å²) in [6.07, 6.45) is 0. The number of aromatic nitrogens is 1. The smallest absolute Gasteiger partial charge is 0.409 e. The summed E-state index contributed by atoms with van der Waals surface area (Å²) in [4.78, 5) is 11.6. The van der Waals surface area contributed by atoms with E-state index in [1.165, 1.54) is 4.57 Å². The Kier molecular flexibility index (Phi) is 2.68. The lowest BCUT2D eigenvalue weighted by atomic mass is 10.0. The Bertz CT molecular complexity index is 652. The van der Waals surface area contributed by atoms with E-state index >= 15 is 0 Å². The van der Waals surface area contributed by atoms with Crippen molar-refractivity contribution in [2.24, 2.45) is 7.05 Å². The molecule has 0 bridgehead atoms. The van der Waals surface area contributed by atoms with Crippen molar-refractivity contribution in [3.63, 3.8) is 0 Å². The van der Waals surface area contributed by atoms with E-state index in [0.29, 0.717) is 16.1 Å². The standard InChI is InChI=1S/C12H13NO2S/c1-7(2)8-5-4-6-9-10(8)15-12(14)13(3)11(9)16/h4-7H,1-3H3. The van der Waals surface area contributed by atoms with Gasteiger partial charge in [0, 0.05) is 7.05 Å². The second-order valence-corrected chi connectivity index (χ2v) is 4.50. The van der Waals surface area contributed by atoms with Crippen molar-refractivity contribution in [1.29, 1.82) is 0 Å². The number of fused-ring (bicyclic) bond motifs is 1. The molecular formula is C12H13NO2S. The third-order valence-corrected chi connectivity index (χ3v) is 3.16. The predicted molar refractivity (Wildman–Crippen MR) is 66.4 cm³/mol. The van der Waals surface area contributed by atoms with Crippen molar-refractivity contribution in [2.75, 3.05) is 0 Å². The van der Waals surface area contributed by atoms with E-state index in [2.05, 4.69) is 13.8 Å². The van der Waals surface area contributed by atoms with Crippen LogP contribution in [0.5, 0.6) is 0 Å². The van der Waals surface area contributed by atoms with E-state index in [1.807, 2.05) is 18.2 Å². The summed E-state index contributed by atoms with van der Waals surface area (Å²) in [5.74, 6) is -0.112. The average molecular weight is 235 g/mol. The van der Waals surface area contributed by atoms with E-state index in [4.69, 9.17) is 16.6 Å². The van der Waals surface area contributed by atoms with E-state index in [9.17, 15) is 4.79 Å². The minimum atomic E-state index is -0.411. The van der Waals surface area contributed by atoms with Crippen molar-refractivity contribution in [2.45, 2.75) is 19.8 Å². The average Bonchev–Trinajstić information content (AvgIpc) is 2.25. The van der Waals surface area contributed by atoms with Gasteiger partial charge in [-0.1, -0.05) is 38.2 Å². The van der Waals surface area contributed by atoms with Crippen LogP contribution in [0.3, 0.4) is 0 Å². The highest BCUT2D eigenvalue weighted by atomic mass is 32.1. The van der Waals surface area contributed by atoms with Crippen LogP contribution in [0.1, 0.15) is 25.3 Å². The number of benzene rings is 1. The highest BCUT2D eigenvalue weighted by molar-refractivity contribution is 7.71. The molecule has 0 atom stereocenters. The zero-order chi connectivity index (χ0) is 11.9. The normalized spacial score (nSPS) is 11.2. The molecule has 1 aromatic carbocycles. The van der Waals surface area contributed by atoms with Gasteiger partial charge in [-0.25, -0.2) is 4.79 Å². The Balaban J connectivity index is 3.01. The lowest BCUT2D eigenvalue weighted by Crippen LogP contribution is -2.16. The minimum absolute atomic E-state index is 0.300. The molecule has 16 heavy (non-hydrogen) atoms. The molecule has 3 nitrogen and oxygen atoms in total. The number of nitrogens with zero attached hydrogens (tertiary/aromatic N) is 1. The van der Waals surface area contributed by atoms with Crippen LogP contribution in [-0.2, 0) is 7.05 Å². The SMILES string of the molecule is CC(C)c1cccc2c(=S)n(C)c(=O)oc12. The Morgan fingerprint density at radius 3 is 2.69 bits per heavy atom. The van der Waals surface area contributed by atoms with Crippen molar-refractivity contribution >= 4 is 23.2 Å². The first kappa shape index (κ1) is 11.1. The van der Waals surface area contributed by atoms with Crippen molar-refractivity contribution < 1.29 is 4.42 Å². The maximum atomic E-state index is 11.6. The molecular weight excluding hydrogens is 222 g/mol. The molecule has 2 aromatic rings. The number of rotatable bonds is 1. The van der Waals surface area contributed by atoms with Crippen LogP contribution in [0.4, 0.5) is 0 Å². The fraction of sp³-hybridized carbons (Fsp3) is 0.333. The molecule has 0 aliphatic heterocycles. The summed E-state index contributed by atoms with van der Waals surface area (Å²) < 4.78 is 7.18. The van der Waals surface area contributed by atoms with Gasteiger partial charge < -0.3 is 4.42 Å². The van der Waals surface area contributed by atoms with Gasteiger partial charge in [-0.05, 0) is 17.5 Å². The largest absolute Gasteiger partial charge is 0.420 e. The van der Waals surface area contributed by atoms with Crippen molar-refractivity contribution in [3.8, 4) is 0 Å². The van der Waals surface area contributed by atoms with Crippen LogP contribution >= 0.6 is 12.2 Å². The van der Waals surface area contributed by atoms with Gasteiger partial charge in [-0.15, -0.1) is 0 Å². The van der Waals surface area contributed by atoms with E-state index in [-0.39, 0.29) is 0 Å². The van der Waals surface area contributed by atoms with Crippen LogP contribution in [0.2, 0.25) is 0 Å². The topological polar surface area (TPSA) is 35.1 Å². The van der Waals surface area contributed by atoms with Crippen LogP contribution < -0.4 is 5.76 Å². The second kappa shape index (κ2) is 3.87. The molecule has 0 saturated heterocycles. The van der Waals surface area contributed by atoms with Gasteiger partial charge >= 0.3 is 5.76 Å². The van der Waals surface area contributed by atoms with Gasteiger partial charge in [0.2, 0.25) is 0 Å². The first-order valence-electron chi connectivity index (χ1n) is 5.15. The Morgan fingerprint density at radius 1 is 1.38 bits per heavy atom. The second-order valence-electron chi connectivity index (χ2n) is 4.11. The quantitative estimate of drug-likeness (QED) is 0.713. The van der Waals surface area contributed by atoms with Crippen LogP contribution in [0, 0.1) is 4.64 Å². The molecule has 84 valence electrons. The first-order valence-corrected chi connectivity index (χ1v) is 5.56. The maximum Gasteiger partial charge on any atom is 0.420 e. The molecule has 0 amide bonds. The molecule has 0 saturated carbocycles. The van der Waals surface area contributed by atoms with Gasteiger partial charge in [-0.3, -0.25) is 4.57 Å². The summed E-state index contributed by atoms with van der Waals surface area (Å²) >= 11 is 5.23. The van der Waals surface area contributed by atoms with E-state index in [0.717, 1.165) is 10.9 Å². The van der Waals surface area contributed by atoms with Gasteiger partial charge in [0.1, 0.15) is 10.2 Å². The molecule has 0 unspecified atom stereocenters. The first-order chi connectivity index (χ1) is 7.52. The molecule has 0 fully saturated rings. The van der Waals surface area contributed by atoms with Gasteiger partial charge in [0.05, 0.1) is 5.39 Å². The lowest BCUT2D eigenvalue weighted by molar-refractivity contribution is 0.485. The summed E-state index contributed by atoms with van der Waals surface area (Å²) in [7, 11) is 1.62. The molecule has 1 aromatic heterocycles. The molecule has 0 radical (unpaired) electrons. The van der Waals surface area contributed by atoms with Crippen molar-refractivity contribution in [3.05, 3.63) is 39.0 Å². The molecule has 0 N–H and O–H groups in total. The third-order valence-electron chi connectivity index (χ3n) is 2.67. The van der Waals surface area contributed by atoms with Gasteiger partial charge in [0.15, 0.2) is 0 Å². The predicted octanol–water partition coefficient (Wildman–Crippen LogP) is 2.98. The monoisotopic (exact) mass is 235 g/mol. The number of hydrogen-bond acceptors (Lipinski definition) is 3. The third kappa shape index (κ3) is 1.59.